The largest absolute Gasteiger partial charge is 0.295 e. The van der Waals surface area contributed by atoms with Crippen molar-refractivity contribution in [2.75, 3.05) is 0 Å². The summed E-state index contributed by atoms with van der Waals surface area (Å²) in [5.41, 5.74) is 0. The average Bonchev–Trinajstić information content (AvgIpc) is 2.04. The molecule has 1 heteroatoms. The zero-order valence-corrected chi connectivity index (χ0v) is 7.18. The van der Waals surface area contributed by atoms with E-state index >= 15 is 0 Å². The highest BCUT2D eigenvalue weighted by Gasteiger charge is 1.90. The molecular formula is C10H16O. The summed E-state index contributed by atoms with van der Waals surface area (Å²) in [5.74, 6) is 0.131. The van der Waals surface area contributed by atoms with Crippen molar-refractivity contribution in [1.29, 1.82) is 0 Å². The van der Waals surface area contributed by atoms with E-state index in [4.69, 9.17) is 0 Å². The van der Waals surface area contributed by atoms with Gasteiger partial charge in [0.15, 0.2) is 5.78 Å². The predicted molar refractivity (Wildman–Crippen MR) is 48.5 cm³/mol. The van der Waals surface area contributed by atoms with Crippen molar-refractivity contribution in [1.82, 2.24) is 0 Å². The van der Waals surface area contributed by atoms with Gasteiger partial charge in [-0.1, -0.05) is 32.1 Å². The van der Waals surface area contributed by atoms with Crippen LogP contribution in [0.15, 0.2) is 24.8 Å². The lowest BCUT2D eigenvalue weighted by atomic mass is 10.2. The third-order valence-electron chi connectivity index (χ3n) is 1.41. The summed E-state index contributed by atoms with van der Waals surface area (Å²) in [6.07, 6.45) is 9.30. The first-order valence-corrected chi connectivity index (χ1v) is 4.11. The summed E-state index contributed by atoms with van der Waals surface area (Å²) in [7, 11) is 0. The summed E-state index contributed by atoms with van der Waals surface area (Å²) in [5, 5.41) is 0. The topological polar surface area (TPSA) is 17.1 Å². The first-order chi connectivity index (χ1) is 5.31. The van der Waals surface area contributed by atoms with Crippen molar-refractivity contribution in [3.63, 3.8) is 0 Å². The Morgan fingerprint density at radius 1 is 1.36 bits per heavy atom. The van der Waals surface area contributed by atoms with E-state index < -0.39 is 0 Å². The van der Waals surface area contributed by atoms with Crippen LogP contribution in [0.5, 0.6) is 0 Å². The van der Waals surface area contributed by atoms with Gasteiger partial charge in [0.05, 0.1) is 0 Å². The third kappa shape index (κ3) is 7.04. The quantitative estimate of drug-likeness (QED) is 0.422. The summed E-state index contributed by atoms with van der Waals surface area (Å²) in [6, 6.07) is 0. The molecule has 0 N–H and O–H groups in total. The first-order valence-electron chi connectivity index (χ1n) is 4.11. The summed E-state index contributed by atoms with van der Waals surface area (Å²) in [6.45, 7) is 5.54. The minimum absolute atomic E-state index is 0.131. The van der Waals surface area contributed by atoms with E-state index in [0.717, 1.165) is 12.8 Å². The van der Waals surface area contributed by atoms with Crippen LogP contribution in [0.1, 0.15) is 32.6 Å². The molecule has 0 atom stereocenters. The van der Waals surface area contributed by atoms with Crippen LogP contribution in [-0.2, 0) is 4.79 Å². The molecule has 0 rings (SSSR count). The third-order valence-corrected chi connectivity index (χ3v) is 1.41. The van der Waals surface area contributed by atoms with Crippen LogP contribution in [0.25, 0.3) is 0 Å². The second kappa shape index (κ2) is 7.26. The highest BCUT2D eigenvalue weighted by molar-refractivity contribution is 5.89. The Morgan fingerprint density at radius 3 is 2.55 bits per heavy atom. The van der Waals surface area contributed by atoms with Gasteiger partial charge in [-0.3, -0.25) is 4.79 Å². The molecule has 1 nitrogen and oxygen atoms in total. The number of carbonyl (C=O) groups excluding carboxylic acids is 1. The fourth-order valence-electron chi connectivity index (χ4n) is 0.730. The molecule has 0 amide bonds. The molecule has 0 fully saturated rings. The number of hydrogen-bond acceptors (Lipinski definition) is 1. The molecule has 62 valence electrons. The second-order valence-corrected chi connectivity index (χ2v) is 2.47. The molecule has 0 radical (unpaired) electrons. The molecule has 0 aliphatic rings. The predicted octanol–water partition coefficient (Wildman–Crippen LogP) is 2.88. The lowest BCUT2D eigenvalue weighted by Gasteiger charge is -1.88. The van der Waals surface area contributed by atoms with Gasteiger partial charge in [-0.15, -0.1) is 0 Å². The normalized spacial score (nSPS) is 10.3. The van der Waals surface area contributed by atoms with Crippen LogP contribution >= 0.6 is 0 Å². The monoisotopic (exact) mass is 152 g/mol. The Hall–Kier alpha value is -0.850. The number of carbonyl (C=O) groups is 1. The summed E-state index contributed by atoms with van der Waals surface area (Å²) >= 11 is 0. The minimum atomic E-state index is 0.131. The van der Waals surface area contributed by atoms with Crippen LogP contribution in [0.2, 0.25) is 0 Å². The zero-order chi connectivity index (χ0) is 8.53. The molecule has 0 aromatic heterocycles. The van der Waals surface area contributed by atoms with Crippen LogP contribution in [-0.4, -0.2) is 5.78 Å². The van der Waals surface area contributed by atoms with Gasteiger partial charge in [-0.05, 0) is 18.9 Å². The average molecular weight is 152 g/mol. The number of unbranched alkanes of at least 4 members (excludes halogenated alkanes) is 1. The number of ketones is 1. The fourth-order valence-corrected chi connectivity index (χ4v) is 0.730. The van der Waals surface area contributed by atoms with Crippen molar-refractivity contribution in [2.45, 2.75) is 32.6 Å². The maximum Gasteiger partial charge on any atom is 0.155 e. The number of hydrogen-bond donors (Lipinski definition) is 0. The smallest absolute Gasteiger partial charge is 0.155 e. The first kappa shape index (κ1) is 10.2. The molecule has 0 aromatic rings. The standard InChI is InChI=1S/C10H16O/c1-3-5-6-7-8-9-10(11)4-2/h4,6-7H,2-3,5,8-9H2,1H3/b7-6+. The number of rotatable bonds is 6. The van der Waals surface area contributed by atoms with E-state index in [9.17, 15) is 4.79 Å². The maximum atomic E-state index is 10.7. The van der Waals surface area contributed by atoms with Gasteiger partial charge >= 0.3 is 0 Å². The van der Waals surface area contributed by atoms with Gasteiger partial charge in [-0.25, -0.2) is 0 Å². The molecule has 0 aliphatic heterocycles. The van der Waals surface area contributed by atoms with Crippen molar-refractivity contribution < 1.29 is 4.79 Å². The van der Waals surface area contributed by atoms with Crippen molar-refractivity contribution in [3.05, 3.63) is 24.8 Å². The SMILES string of the molecule is C=CC(=O)CC/C=C/CCC. The number of allylic oxidation sites excluding steroid dienone is 3. The molecule has 11 heavy (non-hydrogen) atoms. The van der Waals surface area contributed by atoms with E-state index in [2.05, 4.69) is 25.7 Å². The Balaban J connectivity index is 3.26. The lowest BCUT2D eigenvalue weighted by Crippen LogP contribution is -1.88. The molecule has 0 saturated heterocycles. The van der Waals surface area contributed by atoms with Crippen LogP contribution in [0, 0.1) is 0 Å². The Morgan fingerprint density at radius 2 is 2.00 bits per heavy atom. The fraction of sp³-hybridized carbons (Fsp3) is 0.500. The molecule has 0 unspecified atom stereocenters. The van der Waals surface area contributed by atoms with Crippen molar-refractivity contribution in [3.8, 4) is 0 Å². The van der Waals surface area contributed by atoms with Crippen LogP contribution in [0.3, 0.4) is 0 Å². The van der Waals surface area contributed by atoms with Gasteiger partial charge in [0.25, 0.3) is 0 Å². The van der Waals surface area contributed by atoms with E-state index in [-0.39, 0.29) is 5.78 Å². The Kier molecular flexibility index (Phi) is 6.70. The van der Waals surface area contributed by atoms with Gasteiger partial charge < -0.3 is 0 Å². The van der Waals surface area contributed by atoms with Gasteiger partial charge in [0, 0.05) is 6.42 Å². The molecule has 0 aliphatic carbocycles. The summed E-state index contributed by atoms with van der Waals surface area (Å²) in [4.78, 5) is 10.7. The molecule has 0 spiro atoms. The molecule has 0 heterocycles. The highest BCUT2D eigenvalue weighted by atomic mass is 16.1. The molecular weight excluding hydrogens is 136 g/mol. The van der Waals surface area contributed by atoms with Crippen LogP contribution < -0.4 is 0 Å². The van der Waals surface area contributed by atoms with Crippen LogP contribution in [0.4, 0.5) is 0 Å². The van der Waals surface area contributed by atoms with Crippen molar-refractivity contribution in [2.24, 2.45) is 0 Å². The van der Waals surface area contributed by atoms with Gasteiger partial charge in [0.2, 0.25) is 0 Å². The van der Waals surface area contributed by atoms with E-state index in [1.165, 1.54) is 12.5 Å². The maximum absolute atomic E-state index is 10.7. The molecule has 0 bridgehead atoms. The highest BCUT2D eigenvalue weighted by Crippen LogP contribution is 1.96. The second-order valence-electron chi connectivity index (χ2n) is 2.47. The zero-order valence-electron chi connectivity index (χ0n) is 7.18. The summed E-state index contributed by atoms with van der Waals surface area (Å²) < 4.78 is 0. The van der Waals surface area contributed by atoms with Crippen molar-refractivity contribution >= 4 is 5.78 Å². The van der Waals surface area contributed by atoms with Gasteiger partial charge in [0.1, 0.15) is 0 Å². The minimum Gasteiger partial charge on any atom is -0.295 e. The Labute approximate surface area is 68.8 Å². The van der Waals surface area contributed by atoms with E-state index in [1.807, 2.05) is 0 Å². The van der Waals surface area contributed by atoms with E-state index in [0.29, 0.717) is 6.42 Å². The van der Waals surface area contributed by atoms with E-state index in [1.54, 1.807) is 0 Å². The Bertz CT molecular complexity index is 145. The molecule has 0 aromatic carbocycles. The van der Waals surface area contributed by atoms with Gasteiger partial charge in [-0.2, -0.15) is 0 Å². The molecule has 0 saturated carbocycles. The lowest BCUT2D eigenvalue weighted by molar-refractivity contribution is -0.114.